The monoisotopic (exact) mass is 758 g/mol. The maximum absolute atomic E-state index is 12.3. The average molecular weight is 758 g/mol. The van der Waals surface area contributed by atoms with E-state index in [-0.39, 0.29) is 12.5 Å². The molecule has 0 fully saturated rings. The Balaban J connectivity index is 3.54. The Morgan fingerprint density at radius 3 is 1.07 bits per heavy atom. The molecule has 0 saturated heterocycles. The van der Waals surface area contributed by atoms with Gasteiger partial charge in [-0.3, -0.25) is 4.79 Å². The molecule has 0 aromatic heterocycles. The first-order valence-electron chi connectivity index (χ1n) is 24.2. The second-order valence-corrected chi connectivity index (χ2v) is 16.5. The van der Waals surface area contributed by atoms with Crippen molar-refractivity contribution in [2.75, 3.05) is 6.61 Å². The summed E-state index contributed by atoms with van der Waals surface area (Å²) in [5.41, 5.74) is 0. The molecule has 0 aliphatic carbocycles. The van der Waals surface area contributed by atoms with Crippen LogP contribution in [0, 0.1) is 0 Å². The fourth-order valence-corrected chi connectivity index (χ4v) is 7.39. The van der Waals surface area contributed by atoms with E-state index in [1.807, 2.05) is 6.08 Å². The van der Waals surface area contributed by atoms with Gasteiger partial charge in [-0.05, 0) is 44.9 Å². The van der Waals surface area contributed by atoms with Gasteiger partial charge in [-0.25, -0.2) is 0 Å². The Morgan fingerprint density at radius 2 is 0.722 bits per heavy atom. The van der Waals surface area contributed by atoms with Crippen LogP contribution in [-0.2, 0) is 4.79 Å². The van der Waals surface area contributed by atoms with Gasteiger partial charge in [0.1, 0.15) is 0 Å². The molecule has 0 aromatic carbocycles. The lowest BCUT2D eigenvalue weighted by atomic mass is 10.0. The number of nitrogens with one attached hydrogen (secondary N) is 1. The van der Waals surface area contributed by atoms with Crippen molar-refractivity contribution >= 4 is 5.91 Å². The van der Waals surface area contributed by atoms with Gasteiger partial charge in [-0.1, -0.05) is 243 Å². The lowest BCUT2D eigenvalue weighted by Crippen LogP contribution is -2.45. The molecule has 4 heteroatoms. The fourth-order valence-electron chi connectivity index (χ4n) is 7.39. The molecular formula is C50H95NO3. The Morgan fingerprint density at radius 1 is 0.426 bits per heavy atom. The number of hydrogen-bond acceptors (Lipinski definition) is 3. The van der Waals surface area contributed by atoms with Crippen molar-refractivity contribution < 1.29 is 15.0 Å². The van der Waals surface area contributed by atoms with Crippen molar-refractivity contribution in [3.05, 3.63) is 36.5 Å². The van der Waals surface area contributed by atoms with Crippen LogP contribution in [0.4, 0.5) is 0 Å². The van der Waals surface area contributed by atoms with E-state index in [1.165, 1.54) is 199 Å². The second kappa shape index (κ2) is 46.0. The third-order valence-electron chi connectivity index (χ3n) is 11.1. The molecule has 2 atom stereocenters. The third kappa shape index (κ3) is 41.8. The van der Waals surface area contributed by atoms with Crippen molar-refractivity contribution in [3.8, 4) is 0 Å². The predicted octanol–water partition coefficient (Wildman–Crippen LogP) is 15.4. The summed E-state index contributed by atoms with van der Waals surface area (Å²) >= 11 is 0. The minimum absolute atomic E-state index is 0.0775. The van der Waals surface area contributed by atoms with Crippen molar-refractivity contribution in [3.63, 3.8) is 0 Å². The Labute approximate surface area is 338 Å². The highest BCUT2D eigenvalue weighted by Crippen LogP contribution is 2.16. The normalized spacial score (nSPS) is 13.2. The van der Waals surface area contributed by atoms with Gasteiger partial charge in [0.15, 0.2) is 0 Å². The van der Waals surface area contributed by atoms with E-state index in [9.17, 15) is 15.0 Å². The van der Waals surface area contributed by atoms with Gasteiger partial charge in [0.25, 0.3) is 0 Å². The summed E-state index contributed by atoms with van der Waals surface area (Å²) in [5.74, 6) is -0.0775. The van der Waals surface area contributed by atoms with Crippen molar-refractivity contribution in [2.24, 2.45) is 0 Å². The van der Waals surface area contributed by atoms with E-state index in [0.29, 0.717) is 6.42 Å². The second-order valence-electron chi connectivity index (χ2n) is 16.5. The summed E-state index contributed by atoms with van der Waals surface area (Å²) in [6.45, 7) is 4.30. The molecule has 4 nitrogen and oxygen atoms in total. The molecule has 0 aliphatic heterocycles. The van der Waals surface area contributed by atoms with Crippen LogP contribution in [0.2, 0.25) is 0 Å². The summed E-state index contributed by atoms with van der Waals surface area (Å²) in [5, 5.41) is 23.0. The maximum atomic E-state index is 12.3. The summed E-state index contributed by atoms with van der Waals surface area (Å²) in [6.07, 6.45) is 61.4. The van der Waals surface area contributed by atoms with Gasteiger partial charge in [0, 0.05) is 6.42 Å². The number of amides is 1. The van der Waals surface area contributed by atoms with Gasteiger partial charge in [0.2, 0.25) is 5.91 Å². The number of carbonyl (C=O) groups is 1. The predicted molar refractivity (Wildman–Crippen MR) is 239 cm³/mol. The molecule has 0 spiro atoms. The van der Waals surface area contributed by atoms with Gasteiger partial charge in [-0.15, -0.1) is 0 Å². The molecule has 0 radical (unpaired) electrons. The van der Waals surface area contributed by atoms with Crippen molar-refractivity contribution in [1.29, 1.82) is 0 Å². The van der Waals surface area contributed by atoms with Crippen LogP contribution >= 0.6 is 0 Å². The topological polar surface area (TPSA) is 69.6 Å². The third-order valence-corrected chi connectivity index (χ3v) is 11.1. The first kappa shape index (κ1) is 52.6. The lowest BCUT2D eigenvalue weighted by molar-refractivity contribution is -0.123. The number of allylic oxidation sites excluding steroid dienone is 5. The molecular weight excluding hydrogens is 663 g/mol. The molecule has 0 heterocycles. The molecule has 2 unspecified atom stereocenters. The highest BCUT2D eigenvalue weighted by atomic mass is 16.3. The molecule has 0 rings (SSSR count). The molecule has 54 heavy (non-hydrogen) atoms. The first-order chi connectivity index (χ1) is 26.7. The van der Waals surface area contributed by atoms with Crippen molar-refractivity contribution in [2.45, 2.75) is 270 Å². The SMILES string of the molecule is CCCCCCCCCCCCCCCCCCCCCC/C=C/CC/C=C/CC/C=C/C(O)C(CO)NC(=O)CCCCCCCCCCCCCC. The van der Waals surface area contributed by atoms with Crippen LogP contribution in [-0.4, -0.2) is 34.9 Å². The first-order valence-corrected chi connectivity index (χ1v) is 24.2. The van der Waals surface area contributed by atoms with Gasteiger partial charge < -0.3 is 15.5 Å². The molecule has 0 saturated carbocycles. The van der Waals surface area contributed by atoms with E-state index < -0.39 is 12.1 Å². The van der Waals surface area contributed by atoms with Crippen LogP contribution in [0.25, 0.3) is 0 Å². The number of aliphatic hydroxyl groups excluding tert-OH is 2. The number of aliphatic hydroxyl groups is 2. The van der Waals surface area contributed by atoms with Gasteiger partial charge in [-0.2, -0.15) is 0 Å². The van der Waals surface area contributed by atoms with E-state index in [0.717, 1.165) is 38.5 Å². The van der Waals surface area contributed by atoms with Crippen molar-refractivity contribution in [1.82, 2.24) is 5.32 Å². The minimum atomic E-state index is -0.867. The Bertz CT molecular complexity index is 821. The lowest BCUT2D eigenvalue weighted by Gasteiger charge is -2.19. The Kier molecular flexibility index (Phi) is 44.8. The highest BCUT2D eigenvalue weighted by Gasteiger charge is 2.17. The minimum Gasteiger partial charge on any atom is -0.394 e. The van der Waals surface area contributed by atoms with E-state index >= 15 is 0 Å². The molecule has 3 N–H and O–H groups in total. The number of carbonyl (C=O) groups excluding carboxylic acids is 1. The smallest absolute Gasteiger partial charge is 0.220 e. The van der Waals surface area contributed by atoms with Crippen LogP contribution in [0.15, 0.2) is 36.5 Å². The zero-order valence-corrected chi connectivity index (χ0v) is 36.5. The molecule has 0 bridgehead atoms. The van der Waals surface area contributed by atoms with Crippen LogP contribution in [0.5, 0.6) is 0 Å². The molecule has 318 valence electrons. The van der Waals surface area contributed by atoms with Crippen LogP contribution in [0.3, 0.4) is 0 Å². The zero-order chi connectivity index (χ0) is 39.3. The van der Waals surface area contributed by atoms with E-state index in [2.05, 4.69) is 43.5 Å². The van der Waals surface area contributed by atoms with Gasteiger partial charge in [0.05, 0.1) is 18.8 Å². The largest absolute Gasteiger partial charge is 0.394 e. The summed E-state index contributed by atoms with van der Waals surface area (Å²) in [4.78, 5) is 12.3. The van der Waals surface area contributed by atoms with Crippen LogP contribution < -0.4 is 5.32 Å². The summed E-state index contributed by atoms with van der Waals surface area (Å²) in [6, 6.07) is -0.642. The maximum Gasteiger partial charge on any atom is 0.220 e. The average Bonchev–Trinajstić information content (AvgIpc) is 3.18. The molecule has 1 amide bonds. The van der Waals surface area contributed by atoms with E-state index in [1.54, 1.807) is 6.08 Å². The number of hydrogen-bond donors (Lipinski definition) is 3. The quantitative estimate of drug-likeness (QED) is 0.0428. The van der Waals surface area contributed by atoms with Crippen LogP contribution in [0.1, 0.15) is 258 Å². The highest BCUT2D eigenvalue weighted by molar-refractivity contribution is 5.76. The Hall–Kier alpha value is -1.39. The molecule has 0 aliphatic rings. The van der Waals surface area contributed by atoms with E-state index in [4.69, 9.17) is 0 Å². The number of rotatable bonds is 44. The number of unbranched alkanes of at least 4 members (excludes halogenated alkanes) is 33. The summed E-state index contributed by atoms with van der Waals surface area (Å²) in [7, 11) is 0. The molecule has 0 aromatic rings. The standard InChI is InChI=1S/C50H95NO3/c1-3-5-7-9-11-13-15-17-18-19-20-21-22-23-24-25-26-27-28-29-30-31-32-33-34-35-37-39-41-43-45-49(53)48(47-52)51-50(54)46-44-42-40-38-36-16-14-12-10-8-6-4-2/h31-32,35,37,43,45,48-49,52-53H,3-30,33-34,36,38-42,44,46-47H2,1-2H3,(H,51,54)/b32-31+,37-35+,45-43+. The van der Waals surface area contributed by atoms with Gasteiger partial charge >= 0.3 is 0 Å². The fraction of sp³-hybridized carbons (Fsp3) is 0.860. The summed E-state index contributed by atoms with van der Waals surface area (Å²) < 4.78 is 0. The zero-order valence-electron chi connectivity index (χ0n) is 36.5.